The van der Waals surface area contributed by atoms with Gasteiger partial charge in [-0.25, -0.2) is 0 Å². The van der Waals surface area contributed by atoms with Crippen LogP contribution in [0.2, 0.25) is 0 Å². The van der Waals surface area contributed by atoms with E-state index in [4.69, 9.17) is 0 Å². The predicted molar refractivity (Wildman–Crippen MR) is 115 cm³/mol. The van der Waals surface area contributed by atoms with Crippen molar-refractivity contribution in [3.8, 4) is 0 Å². The Bertz CT molecular complexity index is 718. The average Bonchev–Trinajstić information content (AvgIpc) is 2.69. The van der Waals surface area contributed by atoms with Crippen molar-refractivity contribution in [1.29, 1.82) is 0 Å². The van der Waals surface area contributed by atoms with Gasteiger partial charge in [0.05, 0.1) is 10.8 Å². The fourth-order valence-electron chi connectivity index (χ4n) is 4.19. The van der Waals surface area contributed by atoms with Gasteiger partial charge < -0.3 is 0 Å². The second kappa shape index (κ2) is 9.80. The molecule has 0 unspecified atom stereocenters. The molecule has 1 aliphatic rings. The number of rotatable bonds is 7. The second-order valence-electron chi connectivity index (χ2n) is 7.62. The molecule has 3 rings (SSSR count). The normalized spacial score (nSPS) is 19.7. The molecule has 26 heavy (non-hydrogen) atoms. The molecule has 2 aromatic rings. The Morgan fingerprint density at radius 1 is 0.885 bits per heavy atom. The Labute approximate surface area is 163 Å². The van der Waals surface area contributed by atoms with E-state index in [0.717, 1.165) is 17.5 Å². The smallest absolute Gasteiger partial charge is 0.0739 e. The molecule has 2 aromatic carbocycles. The van der Waals surface area contributed by atoms with Crippen LogP contribution in [-0.2, 0) is 12.8 Å². The third-order valence-electron chi connectivity index (χ3n) is 5.79. The van der Waals surface area contributed by atoms with Crippen molar-refractivity contribution in [2.45, 2.75) is 64.2 Å². The summed E-state index contributed by atoms with van der Waals surface area (Å²) < 4.78 is 0. The topological polar surface area (TPSA) is 12.4 Å². The van der Waals surface area contributed by atoms with Gasteiger partial charge in [0.25, 0.3) is 0 Å². The molecule has 0 spiro atoms. The molecule has 0 radical (unpaired) electrons. The Morgan fingerprint density at radius 2 is 1.50 bits per heavy atom. The third kappa shape index (κ3) is 5.37. The maximum Gasteiger partial charge on any atom is 0.0739 e. The van der Waals surface area contributed by atoms with E-state index in [0.29, 0.717) is 0 Å². The molecule has 0 bridgehead atoms. The first-order valence-electron chi connectivity index (χ1n) is 10.0. The molecule has 0 saturated heterocycles. The molecule has 0 atom stereocenters. The Morgan fingerprint density at radius 3 is 2.12 bits per heavy atom. The van der Waals surface area contributed by atoms with Crippen molar-refractivity contribution in [2.24, 2.45) is 10.9 Å². The molecule has 0 heterocycles. The van der Waals surface area contributed by atoms with Crippen molar-refractivity contribution in [3.63, 3.8) is 0 Å². The van der Waals surface area contributed by atoms with E-state index >= 15 is 0 Å². The first-order chi connectivity index (χ1) is 12.8. The standard InChI is InChI=1S/C24H29NS/c1-2-3-19-6-12-22(13-7-19)23-14-8-20(9-15-23)4-5-21-10-16-24(17-11-21)25-18-26/h6-7,10-13,16-17,20,23H,2-5,8-9,14-15H2,1H3. The molecule has 136 valence electrons. The van der Waals surface area contributed by atoms with Crippen LogP contribution in [0, 0.1) is 5.92 Å². The summed E-state index contributed by atoms with van der Waals surface area (Å²) in [5.74, 6) is 1.65. The van der Waals surface area contributed by atoms with Crippen LogP contribution in [0.3, 0.4) is 0 Å². The fraction of sp³-hybridized carbons (Fsp3) is 0.458. The van der Waals surface area contributed by atoms with Crippen LogP contribution < -0.4 is 0 Å². The highest BCUT2D eigenvalue weighted by Crippen LogP contribution is 2.37. The van der Waals surface area contributed by atoms with Gasteiger partial charge in [0.1, 0.15) is 0 Å². The zero-order valence-corrected chi connectivity index (χ0v) is 16.6. The van der Waals surface area contributed by atoms with Crippen LogP contribution in [0.4, 0.5) is 5.69 Å². The van der Waals surface area contributed by atoms with Gasteiger partial charge in [-0.05, 0) is 97.8 Å². The van der Waals surface area contributed by atoms with Crippen LogP contribution in [0.1, 0.15) is 68.1 Å². The molecule has 2 heteroatoms. The van der Waals surface area contributed by atoms with E-state index in [9.17, 15) is 0 Å². The highest BCUT2D eigenvalue weighted by Gasteiger charge is 2.22. The first-order valence-corrected chi connectivity index (χ1v) is 10.4. The van der Waals surface area contributed by atoms with Gasteiger partial charge in [-0.15, -0.1) is 0 Å². The minimum absolute atomic E-state index is 0.772. The van der Waals surface area contributed by atoms with Crippen molar-refractivity contribution in [1.82, 2.24) is 0 Å². The predicted octanol–water partition coefficient (Wildman–Crippen LogP) is 7.28. The van der Waals surface area contributed by atoms with E-state index < -0.39 is 0 Å². The molecule has 1 nitrogen and oxygen atoms in total. The average molecular weight is 364 g/mol. The SMILES string of the molecule is CCCc1ccc(C2CCC(CCc3ccc(N=C=S)cc3)CC2)cc1. The van der Waals surface area contributed by atoms with Crippen molar-refractivity contribution in [2.75, 3.05) is 0 Å². The van der Waals surface area contributed by atoms with E-state index in [1.165, 1.54) is 62.5 Å². The summed E-state index contributed by atoms with van der Waals surface area (Å²) in [5, 5.41) is 2.42. The molecule has 0 amide bonds. The summed E-state index contributed by atoms with van der Waals surface area (Å²) in [6.45, 7) is 2.25. The quantitative estimate of drug-likeness (QED) is 0.372. The summed E-state index contributed by atoms with van der Waals surface area (Å²) >= 11 is 4.65. The van der Waals surface area contributed by atoms with Crippen LogP contribution >= 0.6 is 12.2 Å². The lowest BCUT2D eigenvalue weighted by Gasteiger charge is -2.29. The van der Waals surface area contributed by atoms with E-state index in [-0.39, 0.29) is 0 Å². The minimum atomic E-state index is 0.772. The number of aliphatic imine (C=N–C) groups is 1. The second-order valence-corrected chi connectivity index (χ2v) is 7.80. The number of hydrogen-bond acceptors (Lipinski definition) is 2. The van der Waals surface area contributed by atoms with Crippen molar-refractivity contribution >= 4 is 23.1 Å². The number of thiocarbonyl (C=S) groups is 1. The number of hydrogen-bond donors (Lipinski definition) is 0. The minimum Gasteiger partial charge on any atom is -0.195 e. The van der Waals surface area contributed by atoms with Crippen LogP contribution in [-0.4, -0.2) is 5.16 Å². The monoisotopic (exact) mass is 363 g/mol. The molecular weight excluding hydrogens is 334 g/mol. The zero-order valence-electron chi connectivity index (χ0n) is 15.8. The highest BCUT2D eigenvalue weighted by molar-refractivity contribution is 7.78. The van der Waals surface area contributed by atoms with Gasteiger partial charge in [-0.3, -0.25) is 0 Å². The maximum absolute atomic E-state index is 4.65. The lowest BCUT2D eigenvalue weighted by atomic mass is 9.77. The largest absolute Gasteiger partial charge is 0.195 e. The van der Waals surface area contributed by atoms with Gasteiger partial charge in [0, 0.05) is 0 Å². The Kier molecular flexibility index (Phi) is 7.17. The number of isothiocyanates is 1. The molecule has 1 aliphatic carbocycles. The van der Waals surface area contributed by atoms with E-state index in [2.05, 4.69) is 65.7 Å². The van der Waals surface area contributed by atoms with Gasteiger partial charge in [0.2, 0.25) is 0 Å². The zero-order chi connectivity index (χ0) is 18.2. The lowest BCUT2D eigenvalue weighted by Crippen LogP contribution is -2.14. The van der Waals surface area contributed by atoms with Crippen LogP contribution in [0.15, 0.2) is 53.5 Å². The van der Waals surface area contributed by atoms with E-state index in [1.54, 1.807) is 5.56 Å². The molecule has 0 N–H and O–H groups in total. The Balaban J connectivity index is 1.45. The molecule has 1 fully saturated rings. The summed E-state index contributed by atoms with van der Waals surface area (Å²) in [6, 6.07) is 17.8. The molecule has 1 saturated carbocycles. The number of nitrogens with zero attached hydrogens (tertiary/aromatic N) is 1. The first kappa shape index (κ1) is 19.0. The Hall–Kier alpha value is -1.76. The molecule has 0 aromatic heterocycles. The third-order valence-corrected chi connectivity index (χ3v) is 5.88. The number of aryl methyl sites for hydroxylation is 2. The molecular formula is C24H29NS. The summed E-state index contributed by atoms with van der Waals surface area (Å²) in [5.41, 5.74) is 5.33. The van der Waals surface area contributed by atoms with E-state index in [1.807, 2.05) is 12.1 Å². The number of benzene rings is 2. The lowest BCUT2D eigenvalue weighted by molar-refractivity contribution is 0.310. The van der Waals surface area contributed by atoms with Gasteiger partial charge >= 0.3 is 0 Å². The maximum atomic E-state index is 4.65. The summed E-state index contributed by atoms with van der Waals surface area (Å²) in [4.78, 5) is 4.02. The van der Waals surface area contributed by atoms with Gasteiger partial charge in [-0.1, -0.05) is 49.7 Å². The van der Waals surface area contributed by atoms with Crippen LogP contribution in [0.5, 0.6) is 0 Å². The van der Waals surface area contributed by atoms with Crippen LogP contribution in [0.25, 0.3) is 0 Å². The highest BCUT2D eigenvalue weighted by atomic mass is 32.1. The summed E-state index contributed by atoms with van der Waals surface area (Å²) in [6.07, 6.45) is 10.3. The molecule has 0 aliphatic heterocycles. The van der Waals surface area contributed by atoms with Crippen molar-refractivity contribution in [3.05, 3.63) is 65.2 Å². The summed E-state index contributed by atoms with van der Waals surface area (Å²) in [7, 11) is 0. The van der Waals surface area contributed by atoms with Gasteiger partial charge in [0.15, 0.2) is 0 Å². The van der Waals surface area contributed by atoms with Crippen molar-refractivity contribution < 1.29 is 0 Å². The fourth-order valence-corrected chi connectivity index (χ4v) is 4.30. The van der Waals surface area contributed by atoms with Gasteiger partial charge in [-0.2, -0.15) is 4.99 Å².